The number of nitrogens with zero attached hydrogens (tertiary/aromatic N) is 2. The molecule has 1 fully saturated rings. The van der Waals surface area contributed by atoms with Gasteiger partial charge in [0.1, 0.15) is 5.75 Å². The Balaban J connectivity index is 1.66. The maximum Gasteiger partial charge on any atom is 0.339 e. The first kappa shape index (κ1) is 18.9. The molecule has 0 radical (unpaired) electrons. The van der Waals surface area contributed by atoms with Crippen LogP contribution >= 0.6 is 0 Å². The van der Waals surface area contributed by atoms with E-state index >= 15 is 0 Å². The maximum atomic E-state index is 12.0. The number of methoxy groups -OCH3 is 1. The van der Waals surface area contributed by atoms with Crippen LogP contribution in [-0.2, 0) is 6.54 Å². The molecule has 6 nitrogen and oxygen atoms in total. The first-order valence-corrected chi connectivity index (χ1v) is 9.21. The number of carbonyl (C=O) groups excluding carboxylic acids is 1. The lowest BCUT2D eigenvalue weighted by Gasteiger charge is -2.17. The van der Waals surface area contributed by atoms with E-state index in [4.69, 9.17) is 4.74 Å². The van der Waals surface area contributed by atoms with Gasteiger partial charge in [-0.05, 0) is 68.8 Å². The van der Waals surface area contributed by atoms with Crippen LogP contribution in [0, 0.1) is 0 Å². The van der Waals surface area contributed by atoms with Gasteiger partial charge in [-0.3, -0.25) is 4.90 Å². The fourth-order valence-corrected chi connectivity index (χ4v) is 3.19. The van der Waals surface area contributed by atoms with Crippen molar-refractivity contribution in [1.82, 2.24) is 10.3 Å². The molecule has 1 saturated heterocycles. The number of ether oxygens (including phenoxy) is 1. The highest BCUT2D eigenvalue weighted by Gasteiger charge is 2.15. The Bertz CT molecular complexity index is 799. The molecule has 1 heterocycles. The van der Waals surface area contributed by atoms with Gasteiger partial charge >= 0.3 is 6.03 Å². The zero-order valence-corrected chi connectivity index (χ0v) is 15.9. The van der Waals surface area contributed by atoms with Crippen LogP contribution in [0.2, 0.25) is 0 Å². The van der Waals surface area contributed by atoms with E-state index in [0.29, 0.717) is 0 Å². The normalized spacial score (nSPS) is 14.8. The zero-order chi connectivity index (χ0) is 19.1. The number of carbonyl (C=O) groups is 1. The van der Waals surface area contributed by atoms with Gasteiger partial charge in [-0.15, -0.1) is 0 Å². The van der Waals surface area contributed by atoms with Gasteiger partial charge in [0.25, 0.3) is 0 Å². The largest absolute Gasteiger partial charge is 0.496 e. The monoisotopic (exact) mass is 366 g/mol. The molecule has 142 valence electrons. The number of nitrogens with one attached hydrogen (secondary N) is 2. The Morgan fingerprint density at radius 1 is 1.15 bits per heavy atom. The molecule has 2 aromatic rings. The van der Waals surface area contributed by atoms with E-state index in [1.807, 2.05) is 49.4 Å². The van der Waals surface area contributed by atoms with Crippen molar-refractivity contribution in [3.05, 3.63) is 59.7 Å². The minimum Gasteiger partial charge on any atom is -0.496 e. The molecule has 0 aliphatic carbocycles. The molecule has 0 saturated carbocycles. The second-order valence-electron chi connectivity index (χ2n) is 6.64. The number of rotatable bonds is 6. The third-order valence-electron chi connectivity index (χ3n) is 4.65. The molecule has 0 aromatic heterocycles. The fourth-order valence-electron chi connectivity index (χ4n) is 3.19. The molecule has 27 heavy (non-hydrogen) atoms. The van der Waals surface area contributed by atoms with Crippen LogP contribution in [0.5, 0.6) is 5.75 Å². The zero-order valence-electron chi connectivity index (χ0n) is 15.9. The van der Waals surface area contributed by atoms with Gasteiger partial charge in [0.2, 0.25) is 0 Å². The van der Waals surface area contributed by atoms with Gasteiger partial charge < -0.3 is 10.1 Å². The summed E-state index contributed by atoms with van der Waals surface area (Å²) in [5.41, 5.74) is 6.11. The van der Waals surface area contributed by atoms with Gasteiger partial charge in [0.15, 0.2) is 0 Å². The third-order valence-corrected chi connectivity index (χ3v) is 4.65. The summed E-state index contributed by atoms with van der Waals surface area (Å²) in [4.78, 5) is 14.4. The highest BCUT2D eigenvalue weighted by molar-refractivity contribution is 6.00. The van der Waals surface area contributed by atoms with E-state index in [1.165, 1.54) is 12.8 Å². The molecule has 0 atom stereocenters. The van der Waals surface area contributed by atoms with Crippen LogP contribution in [0.3, 0.4) is 0 Å². The summed E-state index contributed by atoms with van der Waals surface area (Å²) < 4.78 is 5.51. The molecule has 6 heteroatoms. The number of hydrazone groups is 1. The van der Waals surface area contributed by atoms with Crippen LogP contribution in [-0.4, -0.2) is 36.8 Å². The summed E-state index contributed by atoms with van der Waals surface area (Å²) >= 11 is 0. The quantitative estimate of drug-likeness (QED) is 0.603. The minimum atomic E-state index is -0.369. The number of anilines is 1. The predicted octanol–water partition coefficient (Wildman–Crippen LogP) is 3.84. The van der Waals surface area contributed by atoms with Crippen molar-refractivity contribution in [2.75, 3.05) is 25.5 Å². The topological polar surface area (TPSA) is 66.0 Å². The second-order valence-corrected chi connectivity index (χ2v) is 6.64. The second kappa shape index (κ2) is 9.19. The van der Waals surface area contributed by atoms with Crippen LogP contribution in [0.25, 0.3) is 0 Å². The van der Waals surface area contributed by atoms with Crippen molar-refractivity contribution >= 4 is 17.4 Å². The third kappa shape index (κ3) is 5.31. The van der Waals surface area contributed by atoms with Gasteiger partial charge in [-0.2, -0.15) is 5.10 Å². The molecule has 2 N–H and O–H groups in total. The van der Waals surface area contributed by atoms with E-state index < -0.39 is 0 Å². The Labute approximate surface area is 160 Å². The number of urea groups is 1. The minimum absolute atomic E-state index is 0.369. The summed E-state index contributed by atoms with van der Waals surface area (Å²) in [5.74, 6) is 0.883. The number of amides is 2. The molecule has 0 spiro atoms. The van der Waals surface area contributed by atoms with Gasteiger partial charge in [0.05, 0.1) is 12.8 Å². The highest BCUT2D eigenvalue weighted by Crippen LogP contribution is 2.23. The smallest absolute Gasteiger partial charge is 0.339 e. The van der Waals surface area contributed by atoms with Crippen molar-refractivity contribution < 1.29 is 9.53 Å². The molecule has 1 aliphatic rings. The van der Waals surface area contributed by atoms with E-state index in [2.05, 4.69) is 26.8 Å². The molecule has 0 unspecified atom stereocenters. The number of benzene rings is 2. The Kier molecular flexibility index (Phi) is 6.44. The highest BCUT2D eigenvalue weighted by atomic mass is 16.5. The molecule has 0 bridgehead atoms. The summed E-state index contributed by atoms with van der Waals surface area (Å²) in [6, 6.07) is 14.9. The Morgan fingerprint density at radius 3 is 2.59 bits per heavy atom. The molecule has 2 amide bonds. The van der Waals surface area contributed by atoms with Crippen LogP contribution in [0.15, 0.2) is 53.6 Å². The number of hydrogen-bond donors (Lipinski definition) is 2. The number of hydrogen-bond acceptors (Lipinski definition) is 4. The summed E-state index contributed by atoms with van der Waals surface area (Å²) in [6.45, 7) is 5.00. The maximum absolute atomic E-state index is 12.0. The Morgan fingerprint density at radius 2 is 1.89 bits per heavy atom. The van der Waals surface area contributed by atoms with Gasteiger partial charge in [0, 0.05) is 17.8 Å². The van der Waals surface area contributed by atoms with E-state index in [0.717, 1.165) is 47.9 Å². The van der Waals surface area contributed by atoms with E-state index in [1.54, 1.807) is 7.11 Å². The van der Waals surface area contributed by atoms with Crippen LogP contribution < -0.4 is 15.5 Å². The van der Waals surface area contributed by atoms with E-state index in [-0.39, 0.29) is 6.03 Å². The van der Waals surface area contributed by atoms with Crippen LogP contribution in [0.4, 0.5) is 10.5 Å². The predicted molar refractivity (Wildman–Crippen MR) is 108 cm³/mol. The average Bonchev–Trinajstić information content (AvgIpc) is 3.20. The van der Waals surface area contributed by atoms with Crippen molar-refractivity contribution in [2.24, 2.45) is 5.10 Å². The van der Waals surface area contributed by atoms with Gasteiger partial charge in [-0.1, -0.05) is 18.2 Å². The first-order chi connectivity index (χ1) is 13.2. The summed E-state index contributed by atoms with van der Waals surface area (Å²) in [7, 11) is 1.69. The van der Waals surface area contributed by atoms with Crippen molar-refractivity contribution in [2.45, 2.75) is 26.3 Å². The number of likely N-dealkylation sites (tertiary alicyclic amines) is 1. The molecular formula is C21H26N4O2. The molecular weight excluding hydrogens is 340 g/mol. The first-order valence-electron chi connectivity index (χ1n) is 9.21. The lowest BCUT2D eigenvalue weighted by Crippen LogP contribution is -2.25. The van der Waals surface area contributed by atoms with E-state index in [9.17, 15) is 4.79 Å². The summed E-state index contributed by atoms with van der Waals surface area (Å²) in [5, 5.41) is 6.96. The standard InChI is InChI=1S/C21H26N4O2/c1-16(23-24-21(26)22-19-8-4-3-5-9-19)17-10-11-20(27-2)18(14-17)15-25-12-6-7-13-25/h3-5,8-11,14H,6-7,12-13,15H2,1-2H3,(H2,22,24,26)/b23-16-. The molecule has 1 aliphatic heterocycles. The van der Waals surface area contributed by atoms with Gasteiger partial charge in [-0.25, -0.2) is 10.2 Å². The number of para-hydroxylation sites is 1. The SMILES string of the molecule is COc1ccc(/C(C)=N\NC(=O)Nc2ccccc2)cc1CN1CCCC1. The molecule has 3 rings (SSSR count). The van der Waals surface area contributed by atoms with Crippen LogP contribution in [0.1, 0.15) is 30.9 Å². The van der Waals surface area contributed by atoms with Crippen molar-refractivity contribution in [3.63, 3.8) is 0 Å². The molecule has 2 aromatic carbocycles. The lowest BCUT2D eigenvalue weighted by molar-refractivity contribution is 0.252. The van der Waals surface area contributed by atoms with Crippen molar-refractivity contribution in [1.29, 1.82) is 0 Å². The van der Waals surface area contributed by atoms with Crippen molar-refractivity contribution in [3.8, 4) is 5.75 Å². The Hall–Kier alpha value is -2.86. The fraction of sp³-hybridized carbons (Fsp3) is 0.333. The summed E-state index contributed by atoms with van der Waals surface area (Å²) in [6.07, 6.45) is 2.51. The lowest BCUT2D eigenvalue weighted by atomic mass is 10.1. The average molecular weight is 366 g/mol.